The van der Waals surface area contributed by atoms with Crippen LogP contribution in [-0.2, 0) is 19.4 Å². The van der Waals surface area contributed by atoms with Crippen LogP contribution in [0.25, 0.3) is 4.91 Å². The molecule has 0 radical (unpaired) electrons. The number of sulfone groups is 1. The fourth-order valence-corrected chi connectivity index (χ4v) is 4.56. The van der Waals surface area contributed by atoms with Crippen molar-refractivity contribution in [3.63, 3.8) is 0 Å². The molecule has 24 heavy (non-hydrogen) atoms. The van der Waals surface area contributed by atoms with E-state index in [0.717, 1.165) is 10.6 Å². The monoisotopic (exact) mass is 364 g/mol. The van der Waals surface area contributed by atoms with Gasteiger partial charge in [-0.05, 0) is 19.4 Å². The van der Waals surface area contributed by atoms with E-state index in [2.05, 4.69) is 10.3 Å². The molecule has 1 aromatic heterocycles. The Balaban J connectivity index is 2.04. The van der Waals surface area contributed by atoms with Crippen LogP contribution in [0.4, 0.5) is 5.13 Å². The number of carbonyl (C=O) groups is 1. The van der Waals surface area contributed by atoms with Crippen LogP contribution in [0, 0.1) is 13.8 Å². The second-order valence-electron chi connectivity index (χ2n) is 5.31. The van der Waals surface area contributed by atoms with Crippen molar-refractivity contribution in [1.82, 2.24) is 4.98 Å². The zero-order valence-corrected chi connectivity index (χ0v) is 14.8. The average Bonchev–Trinajstić information content (AvgIpc) is 2.84. The normalized spacial score (nSPS) is 16.6. The van der Waals surface area contributed by atoms with E-state index in [1.807, 2.05) is 13.8 Å². The van der Waals surface area contributed by atoms with Gasteiger partial charge >= 0.3 is 0 Å². The number of aromatic nitrogens is 1. The highest BCUT2D eigenvalue weighted by molar-refractivity contribution is 8.00. The number of nitrogens with one attached hydrogen (secondary N) is 1. The van der Waals surface area contributed by atoms with Crippen LogP contribution in [-0.4, -0.2) is 31.7 Å². The molecule has 1 aliphatic heterocycles. The van der Waals surface area contributed by atoms with Gasteiger partial charge in [0, 0.05) is 4.88 Å². The first kappa shape index (κ1) is 16.7. The minimum Gasteiger partial charge on any atom is -0.486 e. The summed E-state index contributed by atoms with van der Waals surface area (Å²) >= 11 is 1.33. The van der Waals surface area contributed by atoms with Crippen molar-refractivity contribution in [1.29, 1.82) is 0 Å². The van der Waals surface area contributed by atoms with Gasteiger partial charge in [-0.25, -0.2) is 13.4 Å². The standard InChI is InChI=1S/C16H16N2O4S2/c1-10-11(2)23-16(17-10)18-15(19)13-14(12-6-4-3-5-7-12)24(20,21)9-8-22-13/h3-7H,8-9H2,1-2H3,(H,17,18,19). The molecule has 0 bridgehead atoms. The Hall–Kier alpha value is -2.19. The Morgan fingerprint density at radius 1 is 1.25 bits per heavy atom. The maximum absolute atomic E-state index is 12.6. The molecule has 0 fully saturated rings. The van der Waals surface area contributed by atoms with Crippen molar-refractivity contribution < 1.29 is 17.9 Å². The summed E-state index contributed by atoms with van der Waals surface area (Å²) in [5.74, 6) is -0.937. The Bertz CT molecular complexity index is 895. The average molecular weight is 364 g/mol. The summed E-state index contributed by atoms with van der Waals surface area (Å²) in [6.45, 7) is 3.70. The van der Waals surface area contributed by atoms with E-state index in [1.165, 1.54) is 11.3 Å². The Morgan fingerprint density at radius 2 is 1.96 bits per heavy atom. The molecule has 2 aromatic rings. The molecule has 0 saturated heterocycles. The minimum absolute atomic E-state index is 0.0443. The molecule has 1 aromatic carbocycles. The van der Waals surface area contributed by atoms with Gasteiger partial charge in [-0.15, -0.1) is 11.3 Å². The number of hydrogen-bond donors (Lipinski definition) is 1. The van der Waals surface area contributed by atoms with E-state index in [0.29, 0.717) is 10.7 Å². The maximum Gasteiger partial charge on any atom is 0.293 e. The molecule has 3 rings (SSSR count). The van der Waals surface area contributed by atoms with Crippen molar-refractivity contribution in [3.05, 3.63) is 52.2 Å². The van der Waals surface area contributed by atoms with Crippen LogP contribution in [0.2, 0.25) is 0 Å². The first-order valence-electron chi connectivity index (χ1n) is 7.29. The molecule has 1 N–H and O–H groups in total. The number of benzene rings is 1. The molecule has 2 heterocycles. The van der Waals surface area contributed by atoms with Crippen molar-refractivity contribution >= 4 is 37.1 Å². The summed E-state index contributed by atoms with van der Waals surface area (Å²) in [4.78, 5) is 17.7. The number of thiazole rings is 1. The van der Waals surface area contributed by atoms with E-state index in [4.69, 9.17) is 4.74 Å². The van der Waals surface area contributed by atoms with Crippen LogP contribution in [0.3, 0.4) is 0 Å². The van der Waals surface area contributed by atoms with E-state index >= 15 is 0 Å². The number of ether oxygens (including phenoxy) is 1. The first-order chi connectivity index (χ1) is 11.4. The maximum atomic E-state index is 12.6. The van der Waals surface area contributed by atoms with E-state index in [-0.39, 0.29) is 23.0 Å². The first-order valence-corrected chi connectivity index (χ1v) is 9.76. The summed E-state index contributed by atoms with van der Waals surface area (Å²) in [6.07, 6.45) is 0. The fourth-order valence-electron chi connectivity index (χ4n) is 2.31. The van der Waals surface area contributed by atoms with Crippen LogP contribution < -0.4 is 5.32 Å². The largest absolute Gasteiger partial charge is 0.486 e. The third kappa shape index (κ3) is 3.20. The van der Waals surface area contributed by atoms with Crippen LogP contribution in [0.5, 0.6) is 0 Å². The SMILES string of the molecule is Cc1nc(NC(=O)C2=C(c3ccccc3)S(=O)(=O)CCO2)sc1C. The second kappa shape index (κ2) is 6.37. The molecule has 126 valence electrons. The lowest BCUT2D eigenvalue weighted by Crippen LogP contribution is -2.28. The second-order valence-corrected chi connectivity index (χ2v) is 8.56. The molecular formula is C16H16N2O4S2. The number of hydrogen-bond acceptors (Lipinski definition) is 6. The number of rotatable bonds is 3. The number of aryl methyl sites for hydroxylation is 2. The smallest absolute Gasteiger partial charge is 0.293 e. The third-order valence-corrected chi connectivity index (χ3v) is 6.34. The Labute approximate surface area is 144 Å². The predicted molar refractivity (Wildman–Crippen MR) is 93.3 cm³/mol. The molecule has 1 aliphatic rings. The summed E-state index contributed by atoms with van der Waals surface area (Å²) < 4.78 is 30.4. The van der Waals surface area contributed by atoms with Gasteiger partial charge in [0.25, 0.3) is 5.91 Å². The summed E-state index contributed by atoms with van der Waals surface area (Å²) in [7, 11) is -3.59. The molecule has 6 nitrogen and oxygen atoms in total. The topological polar surface area (TPSA) is 85.4 Å². The number of anilines is 1. The van der Waals surface area contributed by atoms with Crippen molar-refractivity contribution in [2.45, 2.75) is 13.8 Å². The summed E-state index contributed by atoms with van der Waals surface area (Å²) in [5, 5.41) is 3.05. The van der Waals surface area contributed by atoms with Gasteiger partial charge in [0.1, 0.15) is 11.5 Å². The van der Waals surface area contributed by atoms with Gasteiger partial charge in [-0.3, -0.25) is 10.1 Å². The van der Waals surface area contributed by atoms with Gasteiger partial charge < -0.3 is 4.74 Å². The highest BCUT2D eigenvalue weighted by atomic mass is 32.2. The molecule has 0 unspecified atom stereocenters. The Morgan fingerprint density at radius 3 is 2.58 bits per heavy atom. The van der Waals surface area contributed by atoms with E-state index < -0.39 is 15.7 Å². The molecule has 0 aliphatic carbocycles. The quantitative estimate of drug-likeness (QED) is 0.904. The lowest BCUT2D eigenvalue weighted by Gasteiger charge is -2.20. The molecule has 0 spiro atoms. The van der Waals surface area contributed by atoms with Gasteiger partial charge in [0.05, 0.1) is 11.4 Å². The zero-order valence-electron chi connectivity index (χ0n) is 13.2. The molecular weight excluding hydrogens is 348 g/mol. The minimum atomic E-state index is -3.59. The van der Waals surface area contributed by atoms with Crippen molar-refractivity contribution in [2.24, 2.45) is 0 Å². The van der Waals surface area contributed by atoms with Crippen LogP contribution in [0.15, 0.2) is 36.1 Å². The zero-order chi connectivity index (χ0) is 17.3. The van der Waals surface area contributed by atoms with E-state index in [9.17, 15) is 13.2 Å². The predicted octanol–water partition coefficient (Wildman–Crippen LogP) is 2.51. The molecule has 0 saturated carbocycles. The van der Waals surface area contributed by atoms with Gasteiger partial charge in [-0.2, -0.15) is 0 Å². The van der Waals surface area contributed by atoms with Gasteiger partial charge in [-0.1, -0.05) is 30.3 Å². The molecule has 1 amide bonds. The third-order valence-electron chi connectivity index (χ3n) is 3.61. The van der Waals surface area contributed by atoms with Gasteiger partial charge in [0.15, 0.2) is 15.0 Å². The lowest BCUT2D eigenvalue weighted by molar-refractivity contribution is -0.115. The summed E-state index contributed by atoms with van der Waals surface area (Å²) in [6, 6.07) is 8.51. The summed E-state index contributed by atoms with van der Waals surface area (Å²) in [5.41, 5.74) is 1.26. The van der Waals surface area contributed by atoms with Gasteiger partial charge in [0.2, 0.25) is 5.76 Å². The van der Waals surface area contributed by atoms with Crippen LogP contribution >= 0.6 is 11.3 Å². The highest BCUT2D eigenvalue weighted by Gasteiger charge is 2.33. The number of carbonyl (C=O) groups excluding carboxylic acids is 1. The molecule has 0 atom stereocenters. The van der Waals surface area contributed by atoms with E-state index in [1.54, 1.807) is 30.3 Å². The van der Waals surface area contributed by atoms with Crippen molar-refractivity contribution in [3.8, 4) is 0 Å². The number of amides is 1. The number of nitrogens with zero attached hydrogens (tertiary/aromatic N) is 1. The van der Waals surface area contributed by atoms with Crippen LogP contribution in [0.1, 0.15) is 16.1 Å². The lowest BCUT2D eigenvalue weighted by atomic mass is 10.2. The Kier molecular flexibility index (Phi) is 4.42. The fraction of sp³-hybridized carbons (Fsp3) is 0.250. The van der Waals surface area contributed by atoms with Crippen molar-refractivity contribution in [2.75, 3.05) is 17.7 Å². The highest BCUT2D eigenvalue weighted by Crippen LogP contribution is 2.31. The molecule has 8 heteroatoms.